The lowest BCUT2D eigenvalue weighted by Gasteiger charge is -2.11. The average molecular weight is 232 g/mol. The molecule has 1 rings (SSSR count). The van der Waals surface area contributed by atoms with Gasteiger partial charge in [-0.2, -0.15) is 13.2 Å². The number of alkyl halides is 3. The summed E-state index contributed by atoms with van der Waals surface area (Å²) in [6.45, 7) is 2.90. The van der Waals surface area contributed by atoms with Crippen molar-refractivity contribution in [1.82, 2.24) is 0 Å². The molecule has 4 heteroatoms. The zero-order chi connectivity index (χ0) is 12.2. The Balaban J connectivity index is 2.58. The van der Waals surface area contributed by atoms with Crippen molar-refractivity contribution in [3.63, 3.8) is 0 Å². The van der Waals surface area contributed by atoms with Gasteiger partial charge in [-0.1, -0.05) is 26.0 Å². The van der Waals surface area contributed by atoms with Crippen LogP contribution in [0.25, 0.3) is 0 Å². The van der Waals surface area contributed by atoms with Crippen molar-refractivity contribution < 1.29 is 17.9 Å². The molecule has 0 aromatic heterocycles. The summed E-state index contributed by atoms with van der Waals surface area (Å²) in [6, 6.07) is 6.76. The van der Waals surface area contributed by atoms with E-state index in [1.807, 2.05) is 0 Å². The van der Waals surface area contributed by atoms with Gasteiger partial charge in [-0.3, -0.25) is 0 Å². The molecule has 0 heterocycles. The maximum Gasteiger partial charge on any atom is 0.422 e. The van der Waals surface area contributed by atoms with E-state index in [2.05, 4.69) is 18.6 Å². The van der Waals surface area contributed by atoms with Crippen LogP contribution in [0.4, 0.5) is 13.2 Å². The second-order valence-electron chi connectivity index (χ2n) is 3.78. The van der Waals surface area contributed by atoms with Crippen molar-refractivity contribution in [2.75, 3.05) is 6.61 Å². The van der Waals surface area contributed by atoms with E-state index >= 15 is 0 Å². The molecule has 1 aromatic carbocycles. The Bertz CT molecular complexity index is 316. The van der Waals surface area contributed by atoms with E-state index < -0.39 is 12.8 Å². The van der Waals surface area contributed by atoms with Gasteiger partial charge >= 0.3 is 6.18 Å². The second kappa shape index (κ2) is 5.23. The molecule has 0 aliphatic carbocycles. The van der Waals surface area contributed by atoms with Crippen LogP contribution in [0.2, 0.25) is 0 Å². The van der Waals surface area contributed by atoms with Gasteiger partial charge in [0, 0.05) is 0 Å². The maximum atomic E-state index is 11.9. The van der Waals surface area contributed by atoms with Crippen LogP contribution in [0.1, 0.15) is 31.7 Å². The largest absolute Gasteiger partial charge is 0.484 e. The van der Waals surface area contributed by atoms with Crippen LogP contribution in [0.5, 0.6) is 5.75 Å². The lowest BCUT2D eigenvalue weighted by molar-refractivity contribution is -0.153. The maximum absolute atomic E-state index is 11.9. The number of hydrogen-bond acceptors (Lipinski definition) is 1. The Hall–Kier alpha value is -1.19. The van der Waals surface area contributed by atoms with Gasteiger partial charge < -0.3 is 4.74 Å². The van der Waals surface area contributed by atoms with Crippen molar-refractivity contribution in [3.05, 3.63) is 29.8 Å². The molecule has 0 radical (unpaired) electrons. The lowest BCUT2D eigenvalue weighted by Crippen LogP contribution is -2.19. The third-order valence-electron chi connectivity index (χ3n) is 2.46. The Labute approximate surface area is 93.2 Å². The third-order valence-corrected chi connectivity index (χ3v) is 2.46. The minimum Gasteiger partial charge on any atom is -0.484 e. The van der Waals surface area contributed by atoms with Crippen molar-refractivity contribution in [2.45, 2.75) is 32.4 Å². The molecular weight excluding hydrogens is 217 g/mol. The average Bonchev–Trinajstić information content (AvgIpc) is 2.25. The van der Waals surface area contributed by atoms with Gasteiger partial charge in [0.25, 0.3) is 0 Å². The van der Waals surface area contributed by atoms with E-state index in [1.54, 1.807) is 24.3 Å². The molecule has 1 atom stereocenters. The van der Waals surface area contributed by atoms with Crippen molar-refractivity contribution in [3.8, 4) is 5.75 Å². The van der Waals surface area contributed by atoms with Crippen LogP contribution in [-0.2, 0) is 0 Å². The van der Waals surface area contributed by atoms with Crippen LogP contribution in [0, 0.1) is 0 Å². The molecule has 16 heavy (non-hydrogen) atoms. The van der Waals surface area contributed by atoms with Gasteiger partial charge in [0.2, 0.25) is 0 Å². The van der Waals surface area contributed by atoms with Crippen LogP contribution in [0.3, 0.4) is 0 Å². The van der Waals surface area contributed by atoms with Crippen LogP contribution < -0.4 is 4.74 Å². The first-order valence-corrected chi connectivity index (χ1v) is 5.22. The van der Waals surface area contributed by atoms with E-state index in [1.165, 1.54) is 0 Å². The number of benzene rings is 1. The van der Waals surface area contributed by atoms with Crippen molar-refractivity contribution in [1.29, 1.82) is 0 Å². The Morgan fingerprint density at radius 3 is 2.19 bits per heavy atom. The predicted octanol–water partition coefficient (Wildman–Crippen LogP) is 4.14. The van der Waals surface area contributed by atoms with E-state index in [-0.39, 0.29) is 5.75 Å². The molecule has 0 aliphatic rings. The fraction of sp³-hybridized carbons (Fsp3) is 0.500. The van der Waals surface area contributed by atoms with Crippen LogP contribution >= 0.6 is 0 Å². The summed E-state index contributed by atoms with van der Waals surface area (Å²) in [5.74, 6) is 0.668. The molecule has 0 saturated heterocycles. The predicted molar refractivity (Wildman–Crippen MR) is 56.7 cm³/mol. The van der Waals surface area contributed by atoms with Gasteiger partial charge in [0.1, 0.15) is 5.75 Å². The zero-order valence-electron chi connectivity index (χ0n) is 9.34. The monoisotopic (exact) mass is 232 g/mol. The lowest BCUT2D eigenvalue weighted by atomic mass is 9.99. The summed E-state index contributed by atoms with van der Waals surface area (Å²) in [7, 11) is 0. The van der Waals surface area contributed by atoms with Crippen LogP contribution in [-0.4, -0.2) is 12.8 Å². The summed E-state index contributed by atoms with van der Waals surface area (Å²) < 4.78 is 40.2. The molecule has 0 fully saturated rings. The Kier molecular flexibility index (Phi) is 4.21. The van der Waals surface area contributed by atoms with Gasteiger partial charge in [-0.15, -0.1) is 0 Å². The summed E-state index contributed by atoms with van der Waals surface area (Å²) >= 11 is 0. The molecule has 1 unspecified atom stereocenters. The van der Waals surface area contributed by atoms with E-state index in [4.69, 9.17) is 0 Å². The summed E-state index contributed by atoms with van der Waals surface area (Å²) in [5, 5.41) is 0. The van der Waals surface area contributed by atoms with Gasteiger partial charge in [0.15, 0.2) is 6.61 Å². The minimum atomic E-state index is -4.28. The highest BCUT2D eigenvalue weighted by Crippen LogP contribution is 2.23. The van der Waals surface area contributed by atoms with Crippen molar-refractivity contribution >= 4 is 0 Å². The molecule has 0 amide bonds. The molecular formula is C12H15F3O. The fourth-order valence-corrected chi connectivity index (χ4v) is 1.29. The van der Waals surface area contributed by atoms with Crippen LogP contribution in [0.15, 0.2) is 24.3 Å². The number of halogens is 3. The zero-order valence-corrected chi connectivity index (χ0v) is 9.34. The highest BCUT2D eigenvalue weighted by Gasteiger charge is 2.28. The molecule has 90 valence electrons. The van der Waals surface area contributed by atoms with Gasteiger partial charge in [0.05, 0.1) is 0 Å². The Morgan fingerprint density at radius 2 is 1.75 bits per heavy atom. The van der Waals surface area contributed by atoms with E-state index in [0.29, 0.717) is 5.92 Å². The molecule has 1 nitrogen and oxygen atoms in total. The molecule has 1 aromatic rings. The molecule has 0 spiro atoms. The number of rotatable bonds is 4. The number of hydrogen-bond donors (Lipinski definition) is 0. The van der Waals surface area contributed by atoms with Crippen molar-refractivity contribution in [2.24, 2.45) is 0 Å². The first-order chi connectivity index (χ1) is 7.42. The molecule has 0 N–H and O–H groups in total. The van der Waals surface area contributed by atoms with E-state index in [0.717, 1.165) is 12.0 Å². The SMILES string of the molecule is CCC(C)c1ccc(OCC(F)(F)F)cc1. The normalized spacial score (nSPS) is 13.6. The highest BCUT2D eigenvalue weighted by molar-refractivity contribution is 5.29. The molecule has 0 bridgehead atoms. The third kappa shape index (κ3) is 4.13. The second-order valence-corrected chi connectivity index (χ2v) is 3.78. The molecule has 0 saturated carbocycles. The first kappa shape index (κ1) is 12.9. The summed E-state index contributed by atoms with van der Waals surface area (Å²) in [5.41, 5.74) is 1.11. The minimum absolute atomic E-state index is 0.254. The topological polar surface area (TPSA) is 9.23 Å². The summed E-state index contributed by atoms with van der Waals surface area (Å²) in [6.07, 6.45) is -3.28. The number of ether oxygens (including phenoxy) is 1. The standard InChI is InChI=1S/C12H15F3O/c1-3-9(2)10-4-6-11(7-5-10)16-8-12(13,14)15/h4-7,9H,3,8H2,1-2H3. The first-order valence-electron chi connectivity index (χ1n) is 5.22. The summed E-state index contributed by atoms with van der Waals surface area (Å²) in [4.78, 5) is 0. The Morgan fingerprint density at radius 1 is 1.19 bits per heavy atom. The smallest absolute Gasteiger partial charge is 0.422 e. The fourth-order valence-electron chi connectivity index (χ4n) is 1.29. The van der Waals surface area contributed by atoms with E-state index in [9.17, 15) is 13.2 Å². The quantitative estimate of drug-likeness (QED) is 0.758. The molecule has 0 aliphatic heterocycles. The van der Waals surface area contributed by atoms with Gasteiger partial charge in [-0.25, -0.2) is 0 Å². The van der Waals surface area contributed by atoms with Gasteiger partial charge in [-0.05, 0) is 30.0 Å². The highest BCUT2D eigenvalue weighted by atomic mass is 19.4.